The molecule has 17 heavy (non-hydrogen) atoms. The molecule has 2 aromatic rings. The molecule has 0 fully saturated rings. The summed E-state index contributed by atoms with van der Waals surface area (Å²) < 4.78 is 41.0. The van der Waals surface area contributed by atoms with E-state index in [1.165, 1.54) is 12.1 Å². The molecular formula is C11H12FNO3S. The third kappa shape index (κ3) is 3.04. The fourth-order valence-corrected chi connectivity index (χ4v) is 2.02. The lowest BCUT2D eigenvalue weighted by molar-refractivity contribution is 0.306. The molecule has 0 amide bonds. The van der Waals surface area contributed by atoms with E-state index in [-0.39, 0.29) is 12.4 Å². The van der Waals surface area contributed by atoms with E-state index in [9.17, 15) is 12.8 Å². The van der Waals surface area contributed by atoms with Crippen LogP contribution < -0.4 is 0 Å². The molecule has 0 saturated heterocycles. The molecule has 0 aliphatic rings. The molecule has 92 valence electrons. The van der Waals surface area contributed by atoms with Crippen molar-refractivity contribution < 1.29 is 17.0 Å². The molecule has 0 radical (unpaired) electrons. The number of hydrogen-bond donors (Lipinski definition) is 0. The Morgan fingerprint density at radius 1 is 1.35 bits per heavy atom. The van der Waals surface area contributed by atoms with Gasteiger partial charge in [-0.1, -0.05) is 0 Å². The Kier molecular flexibility index (Phi) is 3.17. The van der Waals surface area contributed by atoms with Crippen molar-refractivity contribution >= 4 is 21.0 Å². The van der Waals surface area contributed by atoms with E-state index in [0.717, 1.165) is 17.2 Å². The van der Waals surface area contributed by atoms with Gasteiger partial charge in [0.1, 0.15) is 5.82 Å². The van der Waals surface area contributed by atoms with Crippen LogP contribution in [0, 0.1) is 5.82 Å². The van der Waals surface area contributed by atoms with E-state index >= 15 is 0 Å². The topological polar surface area (TPSA) is 48.3 Å². The van der Waals surface area contributed by atoms with Crippen molar-refractivity contribution in [1.82, 2.24) is 4.57 Å². The minimum Gasteiger partial charge on any atom is -0.345 e. The zero-order valence-corrected chi connectivity index (χ0v) is 10.1. The van der Waals surface area contributed by atoms with Gasteiger partial charge in [0, 0.05) is 12.7 Å². The van der Waals surface area contributed by atoms with Crippen molar-refractivity contribution in [3.63, 3.8) is 0 Å². The summed E-state index contributed by atoms with van der Waals surface area (Å²) in [5, 5.41) is 0.908. The van der Waals surface area contributed by atoms with E-state index < -0.39 is 10.1 Å². The Bertz CT molecular complexity index is 633. The molecule has 0 N–H and O–H groups in total. The molecule has 1 aromatic heterocycles. The highest BCUT2D eigenvalue weighted by Gasteiger charge is 2.04. The maximum Gasteiger partial charge on any atom is 0.264 e. The van der Waals surface area contributed by atoms with Crippen LogP contribution in [0.4, 0.5) is 4.39 Å². The lowest BCUT2D eigenvalue weighted by atomic mass is 10.2. The highest BCUT2D eigenvalue weighted by atomic mass is 32.2. The highest BCUT2D eigenvalue weighted by molar-refractivity contribution is 7.85. The largest absolute Gasteiger partial charge is 0.345 e. The van der Waals surface area contributed by atoms with Crippen LogP contribution in [-0.2, 0) is 20.8 Å². The predicted molar refractivity (Wildman–Crippen MR) is 62.7 cm³/mol. The van der Waals surface area contributed by atoms with E-state index in [1.807, 2.05) is 6.07 Å². The lowest BCUT2D eigenvalue weighted by Gasteiger charge is -2.05. The van der Waals surface area contributed by atoms with Crippen LogP contribution in [-0.4, -0.2) is 25.8 Å². The number of nitrogens with zero attached hydrogens (tertiary/aromatic N) is 1. The number of rotatable bonds is 4. The Morgan fingerprint density at radius 2 is 2.12 bits per heavy atom. The number of hydrogen-bond acceptors (Lipinski definition) is 3. The van der Waals surface area contributed by atoms with E-state index in [1.54, 1.807) is 16.8 Å². The minimum absolute atomic E-state index is 0.0408. The summed E-state index contributed by atoms with van der Waals surface area (Å²) in [6, 6.07) is 6.32. The average molecular weight is 257 g/mol. The first-order valence-corrected chi connectivity index (χ1v) is 6.86. The second kappa shape index (κ2) is 4.46. The van der Waals surface area contributed by atoms with Gasteiger partial charge in [0.25, 0.3) is 10.1 Å². The zero-order valence-electron chi connectivity index (χ0n) is 9.26. The number of benzene rings is 1. The molecule has 0 unspecified atom stereocenters. The number of aromatic nitrogens is 1. The molecule has 0 aliphatic carbocycles. The highest BCUT2D eigenvalue weighted by Crippen LogP contribution is 2.16. The maximum absolute atomic E-state index is 13.1. The zero-order chi connectivity index (χ0) is 12.5. The van der Waals surface area contributed by atoms with Gasteiger partial charge in [-0.05, 0) is 29.7 Å². The first-order chi connectivity index (χ1) is 7.96. The van der Waals surface area contributed by atoms with Crippen LogP contribution in [0.1, 0.15) is 0 Å². The molecule has 6 heteroatoms. The van der Waals surface area contributed by atoms with Crippen LogP contribution in [0.25, 0.3) is 10.9 Å². The van der Waals surface area contributed by atoms with Crippen molar-refractivity contribution in [2.45, 2.75) is 6.54 Å². The van der Waals surface area contributed by atoms with Crippen LogP contribution in [0.5, 0.6) is 0 Å². The van der Waals surface area contributed by atoms with E-state index in [0.29, 0.717) is 6.54 Å². The van der Waals surface area contributed by atoms with Crippen LogP contribution >= 0.6 is 0 Å². The Hall–Kier alpha value is -1.40. The summed E-state index contributed by atoms with van der Waals surface area (Å²) >= 11 is 0. The number of halogens is 1. The lowest BCUT2D eigenvalue weighted by Crippen LogP contribution is -2.09. The van der Waals surface area contributed by atoms with Gasteiger partial charge in [-0.2, -0.15) is 8.42 Å². The smallest absolute Gasteiger partial charge is 0.264 e. The second-order valence-corrected chi connectivity index (χ2v) is 5.38. The molecule has 0 spiro atoms. The van der Waals surface area contributed by atoms with Crippen molar-refractivity contribution in [3.8, 4) is 0 Å². The number of fused-ring (bicyclic) bond motifs is 1. The molecule has 1 aromatic carbocycles. The molecule has 0 atom stereocenters. The fourth-order valence-electron chi connectivity index (χ4n) is 1.64. The van der Waals surface area contributed by atoms with Crippen molar-refractivity contribution in [2.24, 2.45) is 0 Å². The normalized spacial score (nSPS) is 12.1. The molecule has 0 saturated carbocycles. The molecule has 4 nitrogen and oxygen atoms in total. The summed E-state index contributed by atoms with van der Waals surface area (Å²) in [7, 11) is -3.43. The Balaban J connectivity index is 2.16. The summed E-state index contributed by atoms with van der Waals surface area (Å²) in [5.41, 5.74) is 0.724. The van der Waals surface area contributed by atoms with Gasteiger partial charge in [0.05, 0.1) is 18.4 Å². The van der Waals surface area contributed by atoms with Crippen LogP contribution in [0.15, 0.2) is 30.5 Å². The summed E-state index contributed by atoms with van der Waals surface area (Å²) in [5.74, 6) is -0.318. The third-order valence-electron chi connectivity index (χ3n) is 2.37. The quantitative estimate of drug-likeness (QED) is 0.784. The molecule has 1 heterocycles. The molecule has 0 aliphatic heterocycles. The predicted octanol–water partition coefficient (Wildman–Crippen LogP) is 1.76. The second-order valence-electron chi connectivity index (χ2n) is 3.74. The monoisotopic (exact) mass is 257 g/mol. The maximum atomic E-state index is 13.1. The third-order valence-corrected chi connectivity index (χ3v) is 2.96. The first kappa shape index (κ1) is 12.1. The van der Waals surface area contributed by atoms with Gasteiger partial charge in [0.2, 0.25) is 0 Å². The van der Waals surface area contributed by atoms with Gasteiger partial charge in [-0.3, -0.25) is 4.18 Å². The van der Waals surface area contributed by atoms with Gasteiger partial charge < -0.3 is 4.57 Å². The SMILES string of the molecule is CS(=O)(=O)OCCn1ccc2ccc(F)cc21. The standard InChI is InChI=1S/C11H12FNO3S/c1-17(14,15)16-7-6-13-5-4-9-2-3-10(12)8-11(9)13/h2-5,8H,6-7H2,1H3. The fraction of sp³-hybridized carbons (Fsp3) is 0.273. The van der Waals surface area contributed by atoms with Crippen LogP contribution in [0.3, 0.4) is 0 Å². The van der Waals surface area contributed by atoms with Crippen molar-refractivity contribution in [2.75, 3.05) is 12.9 Å². The van der Waals surface area contributed by atoms with Crippen molar-refractivity contribution in [1.29, 1.82) is 0 Å². The average Bonchev–Trinajstić information content (AvgIpc) is 2.59. The van der Waals surface area contributed by atoms with Crippen molar-refractivity contribution in [3.05, 3.63) is 36.3 Å². The summed E-state index contributed by atoms with van der Waals surface area (Å²) in [6.45, 7) is 0.402. The molecule has 0 bridgehead atoms. The van der Waals surface area contributed by atoms with Gasteiger partial charge in [0.15, 0.2) is 0 Å². The van der Waals surface area contributed by atoms with E-state index in [2.05, 4.69) is 4.18 Å². The molecular weight excluding hydrogens is 245 g/mol. The van der Waals surface area contributed by atoms with Gasteiger partial charge >= 0.3 is 0 Å². The first-order valence-electron chi connectivity index (χ1n) is 5.04. The molecule has 2 rings (SSSR count). The van der Waals surface area contributed by atoms with Gasteiger partial charge in [-0.15, -0.1) is 0 Å². The Morgan fingerprint density at radius 3 is 2.82 bits per heavy atom. The Labute approximate surface area is 98.7 Å². The van der Waals surface area contributed by atoms with Crippen LogP contribution in [0.2, 0.25) is 0 Å². The van der Waals surface area contributed by atoms with E-state index in [4.69, 9.17) is 0 Å². The van der Waals surface area contributed by atoms with Gasteiger partial charge in [-0.25, -0.2) is 4.39 Å². The summed E-state index contributed by atoms with van der Waals surface area (Å²) in [4.78, 5) is 0. The minimum atomic E-state index is -3.43. The summed E-state index contributed by atoms with van der Waals surface area (Å²) in [6.07, 6.45) is 2.77.